The van der Waals surface area contributed by atoms with Gasteiger partial charge in [-0.25, -0.2) is 4.98 Å². The Hall–Kier alpha value is -1.02. The van der Waals surface area contributed by atoms with E-state index in [0.717, 1.165) is 17.0 Å². The Morgan fingerprint density at radius 2 is 2.23 bits per heavy atom. The molecule has 0 amide bonds. The Bertz CT molecular complexity index is 431. The minimum absolute atomic E-state index is 0.00361. The molecule has 0 aromatic carbocycles. The molecule has 2 heterocycles. The highest BCUT2D eigenvalue weighted by molar-refractivity contribution is 6.20. The fourth-order valence-electron chi connectivity index (χ4n) is 1.51. The van der Waals surface area contributed by atoms with Crippen LogP contribution in [-0.2, 0) is 0 Å². The van der Waals surface area contributed by atoms with Crippen molar-refractivity contribution in [2.24, 2.45) is 0 Å². The molecule has 0 unspecified atom stereocenters. The largest absolute Gasteiger partial charge is 0.300 e. The lowest BCUT2D eigenvalue weighted by Gasteiger charge is -2.05. The molecule has 0 aliphatic carbocycles. The number of imidazole rings is 1. The number of rotatable bonds is 1. The molecule has 2 nitrogen and oxygen atoms in total. The van der Waals surface area contributed by atoms with Crippen molar-refractivity contribution in [1.82, 2.24) is 9.38 Å². The molecule has 13 heavy (non-hydrogen) atoms. The van der Waals surface area contributed by atoms with E-state index in [9.17, 15) is 0 Å². The zero-order valence-electron chi connectivity index (χ0n) is 7.66. The van der Waals surface area contributed by atoms with Gasteiger partial charge < -0.3 is 0 Å². The Labute approximate surface area is 82.2 Å². The molecule has 0 spiro atoms. The van der Waals surface area contributed by atoms with E-state index in [2.05, 4.69) is 22.4 Å². The third-order valence-electron chi connectivity index (χ3n) is 2.16. The van der Waals surface area contributed by atoms with E-state index in [1.54, 1.807) is 0 Å². The molecular formula is C10H11ClN2. The number of aryl methyl sites for hydroxylation is 1. The maximum absolute atomic E-state index is 6.03. The maximum Gasteiger partial charge on any atom is 0.137 e. The van der Waals surface area contributed by atoms with E-state index >= 15 is 0 Å². The first-order valence-corrected chi connectivity index (χ1v) is 4.71. The van der Waals surface area contributed by atoms with Gasteiger partial charge in [-0.1, -0.05) is 6.07 Å². The lowest BCUT2D eigenvalue weighted by Crippen LogP contribution is -1.96. The molecule has 2 aromatic rings. The molecule has 2 rings (SSSR count). The van der Waals surface area contributed by atoms with Gasteiger partial charge in [-0.3, -0.25) is 4.40 Å². The zero-order chi connectivity index (χ0) is 9.42. The molecule has 68 valence electrons. The van der Waals surface area contributed by atoms with Crippen molar-refractivity contribution in [3.63, 3.8) is 0 Å². The first-order chi connectivity index (χ1) is 6.20. The summed E-state index contributed by atoms with van der Waals surface area (Å²) in [5.74, 6) is 0. The predicted molar refractivity (Wildman–Crippen MR) is 54.2 cm³/mol. The average molecular weight is 195 g/mol. The number of alkyl halides is 1. The van der Waals surface area contributed by atoms with E-state index in [1.165, 1.54) is 0 Å². The fourth-order valence-corrected chi connectivity index (χ4v) is 1.66. The van der Waals surface area contributed by atoms with Crippen LogP contribution >= 0.6 is 11.6 Å². The minimum atomic E-state index is -0.00361. The number of hydrogen-bond acceptors (Lipinski definition) is 1. The van der Waals surface area contributed by atoms with Gasteiger partial charge in [-0.15, -0.1) is 11.6 Å². The van der Waals surface area contributed by atoms with Crippen LogP contribution in [0.1, 0.15) is 23.7 Å². The van der Waals surface area contributed by atoms with Gasteiger partial charge in [0.25, 0.3) is 0 Å². The Morgan fingerprint density at radius 1 is 1.46 bits per heavy atom. The van der Waals surface area contributed by atoms with E-state index < -0.39 is 0 Å². The molecule has 0 aliphatic rings. The number of aromatic nitrogens is 2. The van der Waals surface area contributed by atoms with E-state index in [-0.39, 0.29) is 5.38 Å². The topological polar surface area (TPSA) is 17.3 Å². The van der Waals surface area contributed by atoms with Crippen LogP contribution in [0.3, 0.4) is 0 Å². The summed E-state index contributed by atoms with van der Waals surface area (Å²) in [6.07, 6.45) is 1.83. The van der Waals surface area contributed by atoms with Crippen molar-refractivity contribution in [1.29, 1.82) is 0 Å². The van der Waals surface area contributed by atoms with E-state index in [1.807, 2.05) is 25.3 Å². The van der Waals surface area contributed by atoms with Gasteiger partial charge in [0.15, 0.2) is 0 Å². The van der Waals surface area contributed by atoms with Crippen molar-refractivity contribution < 1.29 is 0 Å². The van der Waals surface area contributed by atoms with Crippen molar-refractivity contribution in [2.75, 3.05) is 0 Å². The van der Waals surface area contributed by atoms with Gasteiger partial charge in [-0.2, -0.15) is 0 Å². The minimum Gasteiger partial charge on any atom is -0.300 e. The highest BCUT2D eigenvalue weighted by Gasteiger charge is 2.08. The highest BCUT2D eigenvalue weighted by atomic mass is 35.5. The van der Waals surface area contributed by atoms with Crippen LogP contribution in [-0.4, -0.2) is 9.38 Å². The summed E-state index contributed by atoms with van der Waals surface area (Å²) >= 11 is 6.03. The molecule has 0 N–H and O–H groups in total. The van der Waals surface area contributed by atoms with Crippen LogP contribution in [0.15, 0.2) is 24.4 Å². The number of nitrogens with zero attached hydrogens (tertiary/aromatic N) is 2. The van der Waals surface area contributed by atoms with Gasteiger partial charge >= 0.3 is 0 Å². The molecule has 0 fully saturated rings. The van der Waals surface area contributed by atoms with Crippen LogP contribution in [0.2, 0.25) is 0 Å². The fraction of sp³-hybridized carbons (Fsp3) is 0.300. The first kappa shape index (κ1) is 8.57. The SMILES string of the molecule is Cc1cccc2ncc([C@H](C)Cl)n12. The quantitative estimate of drug-likeness (QED) is 0.638. The van der Waals surface area contributed by atoms with Crippen LogP contribution in [0.4, 0.5) is 0 Å². The van der Waals surface area contributed by atoms with Crippen LogP contribution in [0.5, 0.6) is 0 Å². The maximum atomic E-state index is 6.03. The molecule has 0 radical (unpaired) electrons. The van der Waals surface area contributed by atoms with Gasteiger partial charge in [0.05, 0.1) is 17.3 Å². The van der Waals surface area contributed by atoms with Gasteiger partial charge in [0.1, 0.15) is 5.65 Å². The van der Waals surface area contributed by atoms with Crippen LogP contribution < -0.4 is 0 Å². The molecular weight excluding hydrogens is 184 g/mol. The van der Waals surface area contributed by atoms with Crippen molar-refractivity contribution >= 4 is 17.2 Å². The molecule has 0 bridgehead atoms. The van der Waals surface area contributed by atoms with Crippen molar-refractivity contribution in [3.8, 4) is 0 Å². The lowest BCUT2D eigenvalue weighted by atomic mass is 10.3. The second-order valence-electron chi connectivity index (χ2n) is 3.16. The summed E-state index contributed by atoms with van der Waals surface area (Å²) in [6.45, 7) is 4.01. The van der Waals surface area contributed by atoms with Crippen molar-refractivity contribution in [2.45, 2.75) is 19.2 Å². The zero-order valence-corrected chi connectivity index (χ0v) is 8.42. The number of halogens is 1. The van der Waals surface area contributed by atoms with E-state index in [4.69, 9.17) is 11.6 Å². The van der Waals surface area contributed by atoms with Crippen LogP contribution in [0.25, 0.3) is 5.65 Å². The summed E-state index contributed by atoms with van der Waals surface area (Å²) < 4.78 is 2.08. The van der Waals surface area contributed by atoms with Crippen molar-refractivity contribution in [3.05, 3.63) is 35.8 Å². The normalized spacial score (nSPS) is 13.5. The first-order valence-electron chi connectivity index (χ1n) is 4.27. The second kappa shape index (κ2) is 3.04. The molecule has 2 aromatic heterocycles. The summed E-state index contributed by atoms with van der Waals surface area (Å²) in [4.78, 5) is 4.28. The number of fused-ring (bicyclic) bond motifs is 1. The number of pyridine rings is 1. The highest BCUT2D eigenvalue weighted by Crippen LogP contribution is 2.21. The summed E-state index contributed by atoms with van der Waals surface area (Å²) in [5, 5.41) is -0.00361. The summed E-state index contributed by atoms with van der Waals surface area (Å²) in [6, 6.07) is 6.04. The molecule has 0 saturated carbocycles. The summed E-state index contributed by atoms with van der Waals surface area (Å²) in [5.41, 5.74) is 3.18. The van der Waals surface area contributed by atoms with Crippen LogP contribution in [0, 0.1) is 6.92 Å². The van der Waals surface area contributed by atoms with Gasteiger partial charge in [-0.05, 0) is 26.0 Å². The lowest BCUT2D eigenvalue weighted by molar-refractivity contribution is 0.934. The van der Waals surface area contributed by atoms with Gasteiger partial charge in [0.2, 0.25) is 0 Å². The third-order valence-corrected chi connectivity index (χ3v) is 2.38. The second-order valence-corrected chi connectivity index (χ2v) is 3.81. The monoisotopic (exact) mass is 194 g/mol. The molecule has 0 aliphatic heterocycles. The predicted octanol–water partition coefficient (Wildman–Crippen LogP) is 2.94. The van der Waals surface area contributed by atoms with Gasteiger partial charge in [0, 0.05) is 5.69 Å². The molecule has 3 heteroatoms. The Morgan fingerprint density at radius 3 is 2.92 bits per heavy atom. The standard InChI is InChI=1S/C10H11ClN2/c1-7-4-3-5-10-12-6-9(8(2)11)13(7)10/h3-6,8H,1-2H3/t8-/m0/s1. The Balaban J connectivity index is 2.79. The number of hydrogen-bond donors (Lipinski definition) is 0. The summed E-state index contributed by atoms with van der Waals surface area (Å²) in [7, 11) is 0. The third kappa shape index (κ3) is 1.31. The van der Waals surface area contributed by atoms with E-state index in [0.29, 0.717) is 0 Å². The molecule has 1 atom stereocenters. The Kier molecular flexibility index (Phi) is 2.00. The smallest absolute Gasteiger partial charge is 0.137 e. The molecule has 0 saturated heterocycles. The average Bonchev–Trinajstić information content (AvgIpc) is 2.49.